The predicted molar refractivity (Wildman–Crippen MR) is 227 cm³/mol. The molecule has 0 aliphatic carbocycles. The van der Waals surface area contributed by atoms with Gasteiger partial charge >= 0.3 is 5.97 Å². The van der Waals surface area contributed by atoms with Gasteiger partial charge in [0.05, 0.1) is 76.8 Å². The Labute approximate surface area is 353 Å². The minimum absolute atomic E-state index is 0.101. The zero-order valence-electron chi connectivity index (χ0n) is 32.3. The molecular formula is C44H32N4O9S3. The van der Waals surface area contributed by atoms with Crippen LogP contribution in [0.3, 0.4) is 0 Å². The number of carbonyl (C=O) groups is 3. The summed E-state index contributed by atoms with van der Waals surface area (Å²) in [6.45, 7) is 1.82. The number of hydrogen-bond donors (Lipinski definition) is 0. The maximum Gasteiger partial charge on any atom is 0.338 e. The van der Waals surface area contributed by atoms with Gasteiger partial charge in [0.1, 0.15) is 5.76 Å². The molecule has 0 fully saturated rings. The van der Waals surface area contributed by atoms with Crippen molar-refractivity contribution in [3.8, 4) is 17.2 Å². The molecule has 2 amide bonds. The quantitative estimate of drug-likeness (QED) is 0.0967. The van der Waals surface area contributed by atoms with E-state index in [0.717, 1.165) is 16.0 Å². The van der Waals surface area contributed by atoms with E-state index in [0.29, 0.717) is 80.9 Å². The molecule has 16 heteroatoms. The fourth-order valence-electron chi connectivity index (χ4n) is 7.20. The number of benzene rings is 4. The Hall–Kier alpha value is -6.75. The van der Waals surface area contributed by atoms with Crippen LogP contribution in [0.1, 0.15) is 50.6 Å². The van der Waals surface area contributed by atoms with Crippen molar-refractivity contribution >= 4 is 79.9 Å². The van der Waals surface area contributed by atoms with E-state index < -0.39 is 17.6 Å². The SMILES string of the molecule is CCOC(=O)C1=C(c2ccccc2)N=c2s/c(=C\c3ccc(Sc4nc5ccc(N6C(=O)c7ccccc7C6=O)cc5s4)o3)c(=O)n2[C@H]1c1cc(OC)c(OC)c(OC)c1. The molecular weight excluding hydrogens is 825 g/mol. The molecule has 4 aromatic carbocycles. The number of rotatable bonds is 11. The van der Waals surface area contributed by atoms with Crippen LogP contribution in [0.25, 0.3) is 22.0 Å². The Balaban J connectivity index is 1.08. The molecule has 0 spiro atoms. The maximum atomic E-state index is 14.5. The smallest absolute Gasteiger partial charge is 0.338 e. The minimum Gasteiger partial charge on any atom is -0.493 e. The molecule has 0 bridgehead atoms. The fourth-order valence-corrected chi connectivity index (χ4v) is 10.2. The highest BCUT2D eigenvalue weighted by Crippen LogP contribution is 2.44. The Morgan fingerprint density at radius 3 is 2.22 bits per heavy atom. The van der Waals surface area contributed by atoms with Crippen molar-refractivity contribution in [1.82, 2.24) is 9.55 Å². The lowest BCUT2D eigenvalue weighted by Gasteiger charge is -2.27. The number of anilines is 1. The largest absolute Gasteiger partial charge is 0.493 e. The van der Waals surface area contributed by atoms with Crippen molar-refractivity contribution in [3.05, 3.63) is 150 Å². The molecule has 0 saturated carbocycles. The first-order valence-electron chi connectivity index (χ1n) is 18.5. The summed E-state index contributed by atoms with van der Waals surface area (Å²) in [5, 5.41) is 0.528. The summed E-state index contributed by atoms with van der Waals surface area (Å²) in [4.78, 5) is 65.9. The van der Waals surface area contributed by atoms with E-state index in [9.17, 15) is 19.2 Å². The second kappa shape index (κ2) is 15.8. The molecule has 300 valence electrons. The summed E-state index contributed by atoms with van der Waals surface area (Å²) in [6, 6.07) is 27.3. The molecule has 0 saturated heterocycles. The van der Waals surface area contributed by atoms with Gasteiger partial charge in [0.25, 0.3) is 17.4 Å². The van der Waals surface area contributed by atoms with Gasteiger partial charge in [0, 0.05) is 11.6 Å². The van der Waals surface area contributed by atoms with Crippen LogP contribution < -0.4 is 34.0 Å². The third-order valence-corrected chi connectivity index (χ3v) is 12.8. The van der Waals surface area contributed by atoms with Crippen molar-refractivity contribution in [2.24, 2.45) is 4.99 Å². The predicted octanol–water partition coefficient (Wildman–Crippen LogP) is 7.12. The van der Waals surface area contributed by atoms with Gasteiger partial charge in [-0.25, -0.2) is 19.7 Å². The number of carbonyl (C=O) groups excluding carboxylic acids is 3. The second-order valence-corrected chi connectivity index (χ2v) is 16.6. The maximum absolute atomic E-state index is 14.5. The van der Waals surface area contributed by atoms with Gasteiger partial charge < -0.3 is 23.4 Å². The summed E-state index contributed by atoms with van der Waals surface area (Å²) in [6.07, 6.45) is 1.64. The molecule has 2 aliphatic heterocycles. The first-order valence-corrected chi connectivity index (χ1v) is 20.9. The zero-order valence-corrected chi connectivity index (χ0v) is 34.7. The van der Waals surface area contributed by atoms with E-state index in [2.05, 4.69) is 0 Å². The van der Waals surface area contributed by atoms with Crippen molar-refractivity contribution in [3.63, 3.8) is 0 Å². The Morgan fingerprint density at radius 1 is 0.850 bits per heavy atom. The van der Waals surface area contributed by atoms with Gasteiger partial charge in [-0.05, 0) is 78.8 Å². The number of fused-ring (bicyclic) bond motifs is 3. The van der Waals surface area contributed by atoms with Crippen LogP contribution in [0.2, 0.25) is 0 Å². The molecule has 7 aromatic rings. The van der Waals surface area contributed by atoms with Crippen molar-refractivity contribution in [2.75, 3.05) is 32.8 Å². The van der Waals surface area contributed by atoms with Gasteiger partial charge in [-0.3, -0.25) is 19.0 Å². The average Bonchev–Trinajstić information content (AvgIpc) is 4.03. The highest BCUT2D eigenvalue weighted by atomic mass is 32.2. The van der Waals surface area contributed by atoms with Crippen molar-refractivity contribution < 1.29 is 37.7 Å². The summed E-state index contributed by atoms with van der Waals surface area (Å²) in [5.41, 5.74) is 3.22. The van der Waals surface area contributed by atoms with Crippen LogP contribution in [-0.2, 0) is 9.53 Å². The lowest BCUT2D eigenvalue weighted by molar-refractivity contribution is -0.138. The standard InChI is InChI=1S/C44H32N4O9S3/c1-5-56-42(52)35-36(23-11-7-6-8-12-23)46-43-48(37(35)24-19-30(53-2)38(55-4)31(20-24)54-3)41(51)33(58-43)22-26-16-18-34(57-26)60-44-45-29-17-15-25(21-32(29)59-44)47-39(49)27-13-9-10-14-28(27)40(47)50/h6-22,37H,5H2,1-4H3/b33-22-/t37-/m0/s1. The number of hydrogen-bond acceptors (Lipinski definition) is 14. The third kappa shape index (κ3) is 6.67. The number of esters is 1. The van der Waals surface area contributed by atoms with Crippen LogP contribution in [-0.4, -0.2) is 55.3 Å². The van der Waals surface area contributed by atoms with E-state index in [1.165, 1.54) is 53.9 Å². The Bertz CT molecular complexity index is 3050. The number of thiazole rings is 2. The van der Waals surface area contributed by atoms with Gasteiger partial charge in [0.15, 0.2) is 25.7 Å². The van der Waals surface area contributed by atoms with E-state index in [1.54, 1.807) is 79.7 Å². The summed E-state index contributed by atoms with van der Waals surface area (Å²) < 4.78 is 32.0. The van der Waals surface area contributed by atoms with Gasteiger partial charge in [-0.15, -0.1) is 11.3 Å². The molecule has 5 heterocycles. The molecule has 1 atom stereocenters. The van der Waals surface area contributed by atoms with E-state index >= 15 is 0 Å². The third-order valence-electron chi connectivity index (χ3n) is 9.84. The first kappa shape index (κ1) is 38.8. The monoisotopic (exact) mass is 856 g/mol. The lowest BCUT2D eigenvalue weighted by atomic mass is 9.92. The van der Waals surface area contributed by atoms with Crippen LogP contribution in [0.5, 0.6) is 17.2 Å². The van der Waals surface area contributed by atoms with E-state index in [4.69, 9.17) is 33.3 Å². The first-order chi connectivity index (χ1) is 29.2. The van der Waals surface area contributed by atoms with Crippen LogP contribution in [0.4, 0.5) is 5.69 Å². The number of imide groups is 1. The van der Waals surface area contributed by atoms with Gasteiger partial charge in [-0.1, -0.05) is 53.8 Å². The zero-order chi connectivity index (χ0) is 41.7. The topological polar surface area (TPSA) is 152 Å². The van der Waals surface area contributed by atoms with Gasteiger partial charge in [-0.2, -0.15) is 0 Å². The van der Waals surface area contributed by atoms with Crippen molar-refractivity contribution in [1.29, 1.82) is 0 Å². The Morgan fingerprint density at radius 2 is 1.55 bits per heavy atom. The summed E-state index contributed by atoms with van der Waals surface area (Å²) in [5.74, 6) is 0.0867. The number of methoxy groups -OCH3 is 3. The van der Waals surface area contributed by atoms with E-state index in [-0.39, 0.29) is 24.0 Å². The molecule has 2 aliphatic rings. The lowest BCUT2D eigenvalue weighted by Crippen LogP contribution is -2.40. The highest BCUT2D eigenvalue weighted by molar-refractivity contribution is 8.01. The second-order valence-electron chi connectivity index (χ2n) is 13.3. The number of furan rings is 1. The number of aromatic nitrogens is 2. The molecule has 3 aromatic heterocycles. The molecule has 0 unspecified atom stereocenters. The normalized spacial score (nSPS) is 15.0. The number of amides is 2. The highest BCUT2D eigenvalue weighted by Gasteiger charge is 2.38. The molecule has 60 heavy (non-hydrogen) atoms. The summed E-state index contributed by atoms with van der Waals surface area (Å²) >= 11 is 3.86. The van der Waals surface area contributed by atoms with E-state index in [1.807, 2.05) is 30.3 Å². The molecule has 9 rings (SSSR count). The van der Waals surface area contributed by atoms with Crippen LogP contribution in [0, 0.1) is 0 Å². The molecule has 0 radical (unpaired) electrons. The van der Waals surface area contributed by atoms with Crippen molar-refractivity contribution in [2.45, 2.75) is 22.4 Å². The number of nitrogens with zero attached hydrogens (tertiary/aromatic N) is 4. The van der Waals surface area contributed by atoms with Crippen LogP contribution in [0.15, 0.2) is 126 Å². The molecule has 0 N–H and O–H groups in total. The fraction of sp³-hybridized carbons (Fsp3) is 0.136. The summed E-state index contributed by atoms with van der Waals surface area (Å²) in [7, 11) is 4.48. The Kier molecular flexibility index (Phi) is 10.2. The minimum atomic E-state index is -0.995. The number of ether oxygens (including phenoxy) is 4. The average molecular weight is 857 g/mol. The van der Waals surface area contributed by atoms with Gasteiger partial charge in [0.2, 0.25) is 5.75 Å². The molecule has 13 nitrogen and oxygen atoms in total. The van der Waals surface area contributed by atoms with Crippen LogP contribution >= 0.6 is 34.4 Å².